The van der Waals surface area contributed by atoms with E-state index < -0.39 is 0 Å². The highest BCUT2D eigenvalue weighted by atomic mass is 16.3. The molecule has 21 heavy (non-hydrogen) atoms. The average Bonchev–Trinajstić information content (AvgIpc) is 3.07. The van der Waals surface area contributed by atoms with Gasteiger partial charge in [0, 0.05) is 25.0 Å². The number of furan rings is 1. The Morgan fingerprint density at radius 2 is 2.29 bits per heavy atom. The number of rotatable bonds is 3. The Labute approximate surface area is 124 Å². The molecule has 0 saturated carbocycles. The van der Waals surface area contributed by atoms with Crippen LogP contribution in [-0.2, 0) is 4.79 Å². The quantitative estimate of drug-likeness (QED) is 0.810. The predicted octanol–water partition coefficient (Wildman–Crippen LogP) is 3.44. The first-order valence-corrected chi connectivity index (χ1v) is 7.27. The molecular formula is C17H18N2O2. The summed E-state index contributed by atoms with van der Waals surface area (Å²) in [5.74, 6) is 0.721. The van der Waals surface area contributed by atoms with Crippen LogP contribution in [0.3, 0.4) is 0 Å². The van der Waals surface area contributed by atoms with Gasteiger partial charge in [0.05, 0.1) is 12.3 Å². The first-order chi connectivity index (χ1) is 10.3. The Bertz CT molecular complexity index is 605. The molecule has 1 aliphatic heterocycles. The van der Waals surface area contributed by atoms with Crippen LogP contribution in [0.25, 0.3) is 6.08 Å². The van der Waals surface area contributed by atoms with E-state index in [0.717, 1.165) is 31.4 Å². The van der Waals surface area contributed by atoms with Crippen molar-refractivity contribution in [2.75, 3.05) is 6.54 Å². The van der Waals surface area contributed by atoms with E-state index >= 15 is 0 Å². The van der Waals surface area contributed by atoms with Crippen LogP contribution in [0.2, 0.25) is 0 Å². The van der Waals surface area contributed by atoms with Crippen molar-refractivity contribution in [3.8, 4) is 0 Å². The molecule has 0 aromatic carbocycles. The van der Waals surface area contributed by atoms with Crippen LogP contribution in [0.4, 0.5) is 0 Å². The van der Waals surface area contributed by atoms with Crippen LogP contribution in [0, 0.1) is 0 Å². The van der Waals surface area contributed by atoms with Crippen molar-refractivity contribution in [3.05, 3.63) is 60.3 Å². The molecule has 1 amide bonds. The fraction of sp³-hybridized carbons (Fsp3) is 0.294. The van der Waals surface area contributed by atoms with Crippen molar-refractivity contribution < 1.29 is 9.21 Å². The third-order valence-corrected chi connectivity index (χ3v) is 3.79. The van der Waals surface area contributed by atoms with Gasteiger partial charge in [-0.2, -0.15) is 0 Å². The van der Waals surface area contributed by atoms with Crippen LogP contribution >= 0.6 is 0 Å². The smallest absolute Gasteiger partial charge is 0.247 e. The zero-order valence-electron chi connectivity index (χ0n) is 11.8. The Kier molecular flexibility index (Phi) is 4.15. The van der Waals surface area contributed by atoms with Gasteiger partial charge in [0.15, 0.2) is 0 Å². The zero-order valence-corrected chi connectivity index (χ0v) is 11.8. The Morgan fingerprint density at radius 3 is 3.05 bits per heavy atom. The van der Waals surface area contributed by atoms with Crippen molar-refractivity contribution in [1.82, 2.24) is 9.88 Å². The number of carbonyl (C=O) groups excluding carboxylic acids is 1. The highest BCUT2D eigenvalue weighted by Crippen LogP contribution is 2.30. The van der Waals surface area contributed by atoms with Crippen LogP contribution in [-0.4, -0.2) is 22.3 Å². The van der Waals surface area contributed by atoms with Crippen molar-refractivity contribution in [3.63, 3.8) is 0 Å². The van der Waals surface area contributed by atoms with Crippen molar-refractivity contribution in [2.45, 2.75) is 25.3 Å². The van der Waals surface area contributed by atoms with Gasteiger partial charge in [-0.15, -0.1) is 0 Å². The molecule has 1 saturated heterocycles. The molecule has 3 heterocycles. The molecule has 108 valence electrons. The third-order valence-electron chi connectivity index (χ3n) is 3.79. The second kappa shape index (κ2) is 6.39. The van der Waals surface area contributed by atoms with Crippen LogP contribution in [0.5, 0.6) is 0 Å². The number of amides is 1. The van der Waals surface area contributed by atoms with Crippen molar-refractivity contribution in [2.24, 2.45) is 0 Å². The summed E-state index contributed by atoms with van der Waals surface area (Å²) in [5.41, 5.74) is 1.11. The number of nitrogens with zero attached hydrogens (tertiary/aromatic N) is 2. The second-order valence-electron chi connectivity index (χ2n) is 5.18. The van der Waals surface area contributed by atoms with Gasteiger partial charge < -0.3 is 9.32 Å². The topological polar surface area (TPSA) is 46.3 Å². The summed E-state index contributed by atoms with van der Waals surface area (Å²) in [6, 6.07) is 7.73. The van der Waals surface area contributed by atoms with E-state index in [-0.39, 0.29) is 11.9 Å². The summed E-state index contributed by atoms with van der Waals surface area (Å²) >= 11 is 0. The summed E-state index contributed by atoms with van der Waals surface area (Å²) < 4.78 is 5.22. The maximum atomic E-state index is 12.5. The molecule has 1 unspecified atom stereocenters. The van der Waals surface area contributed by atoms with Gasteiger partial charge in [-0.3, -0.25) is 9.78 Å². The summed E-state index contributed by atoms with van der Waals surface area (Å²) in [4.78, 5) is 18.6. The van der Waals surface area contributed by atoms with Crippen molar-refractivity contribution in [1.29, 1.82) is 0 Å². The SMILES string of the molecule is O=C(/C=C/c1ccco1)N1CCCCC1c1cccnc1. The van der Waals surface area contributed by atoms with E-state index in [0.29, 0.717) is 5.76 Å². The molecule has 2 aromatic heterocycles. The van der Waals surface area contributed by atoms with E-state index in [4.69, 9.17) is 4.42 Å². The number of likely N-dealkylation sites (tertiary alicyclic amines) is 1. The second-order valence-corrected chi connectivity index (χ2v) is 5.18. The van der Waals surface area contributed by atoms with E-state index in [1.165, 1.54) is 0 Å². The summed E-state index contributed by atoms with van der Waals surface area (Å²) in [6.07, 6.45) is 11.7. The molecule has 4 heteroatoms. The van der Waals surface area contributed by atoms with Gasteiger partial charge in [-0.05, 0) is 49.1 Å². The monoisotopic (exact) mass is 282 g/mol. The largest absolute Gasteiger partial charge is 0.465 e. The highest BCUT2D eigenvalue weighted by Gasteiger charge is 2.26. The van der Waals surface area contributed by atoms with Gasteiger partial charge in [-0.1, -0.05) is 6.07 Å². The lowest BCUT2D eigenvalue weighted by atomic mass is 9.96. The fourth-order valence-electron chi connectivity index (χ4n) is 2.75. The lowest BCUT2D eigenvalue weighted by molar-refractivity contribution is -0.129. The Balaban J connectivity index is 1.76. The van der Waals surface area contributed by atoms with Crippen molar-refractivity contribution >= 4 is 12.0 Å². The zero-order chi connectivity index (χ0) is 14.5. The molecule has 0 N–H and O–H groups in total. The summed E-state index contributed by atoms with van der Waals surface area (Å²) in [6.45, 7) is 0.793. The van der Waals surface area contributed by atoms with E-state index in [2.05, 4.69) is 4.98 Å². The van der Waals surface area contributed by atoms with Gasteiger partial charge in [0.1, 0.15) is 5.76 Å². The molecule has 0 bridgehead atoms. The molecule has 3 rings (SSSR count). The lowest BCUT2D eigenvalue weighted by Gasteiger charge is -2.35. The molecule has 4 nitrogen and oxygen atoms in total. The third kappa shape index (κ3) is 3.21. The standard InChI is InChI=1S/C17H18N2O2/c20-17(9-8-15-6-4-12-21-15)19-11-2-1-7-16(19)14-5-3-10-18-13-14/h3-6,8-10,12-13,16H,1-2,7,11H2/b9-8+. The number of aromatic nitrogens is 1. The molecule has 0 aliphatic carbocycles. The van der Waals surface area contributed by atoms with E-state index in [1.807, 2.05) is 35.4 Å². The molecular weight excluding hydrogens is 264 g/mol. The molecule has 0 spiro atoms. The first kappa shape index (κ1) is 13.6. The van der Waals surface area contributed by atoms with Crippen LogP contribution < -0.4 is 0 Å². The molecule has 2 aromatic rings. The molecule has 0 radical (unpaired) electrons. The number of pyridine rings is 1. The van der Waals surface area contributed by atoms with Gasteiger partial charge in [-0.25, -0.2) is 0 Å². The number of hydrogen-bond acceptors (Lipinski definition) is 3. The maximum absolute atomic E-state index is 12.5. The minimum atomic E-state index is 0.0277. The van der Waals surface area contributed by atoms with Gasteiger partial charge in [0.2, 0.25) is 5.91 Å². The fourth-order valence-corrected chi connectivity index (χ4v) is 2.75. The highest BCUT2D eigenvalue weighted by molar-refractivity contribution is 5.91. The Hall–Kier alpha value is -2.36. The number of piperidine rings is 1. The summed E-state index contributed by atoms with van der Waals surface area (Å²) in [5, 5.41) is 0. The van der Waals surface area contributed by atoms with Crippen LogP contribution in [0.1, 0.15) is 36.6 Å². The number of hydrogen-bond donors (Lipinski definition) is 0. The van der Waals surface area contributed by atoms with E-state index in [9.17, 15) is 4.79 Å². The van der Waals surface area contributed by atoms with E-state index in [1.54, 1.807) is 24.6 Å². The molecule has 1 atom stereocenters. The predicted molar refractivity (Wildman–Crippen MR) is 80.3 cm³/mol. The molecule has 1 fully saturated rings. The normalized spacial score (nSPS) is 19.0. The van der Waals surface area contributed by atoms with Gasteiger partial charge in [0.25, 0.3) is 0 Å². The number of carbonyl (C=O) groups is 1. The lowest BCUT2D eigenvalue weighted by Crippen LogP contribution is -2.37. The van der Waals surface area contributed by atoms with Gasteiger partial charge >= 0.3 is 0 Å². The summed E-state index contributed by atoms with van der Waals surface area (Å²) in [7, 11) is 0. The first-order valence-electron chi connectivity index (χ1n) is 7.27. The average molecular weight is 282 g/mol. The minimum absolute atomic E-state index is 0.0277. The maximum Gasteiger partial charge on any atom is 0.247 e. The Morgan fingerprint density at radius 1 is 1.33 bits per heavy atom. The molecule has 1 aliphatic rings. The van der Waals surface area contributed by atoms with Crippen LogP contribution in [0.15, 0.2) is 53.4 Å². The minimum Gasteiger partial charge on any atom is -0.465 e.